The van der Waals surface area contributed by atoms with Crippen molar-refractivity contribution in [1.29, 1.82) is 0 Å². The lowest BCUT2D eigenvalue weighted by Crippen LogP contribution is -2.32. The highest BCUT2D eigenvalue weighted by Gasteiger charge is 2.24. The Labute approximate surface area is 186 Å². The molecular formula is C21H23ClN2O6S. The second-order valence-electron chi connectivity index (χ2n) is 7.48. The Kier molecular flexibility index (Phi) is 6.38. The molecule has 0 radical (unpaired) electrons. The van der Waals surface area contributed by atoms with Gasteiger partial charge in [-0.05, 0) is 48.7 Å². The van der Waals surface area contributed by atoms with Gasteiger partial charge >= 0.3 is 0 Å². The Morgan fingerprint density at radius 3 is 2.77 bits per heavy atom. The first kappa shape index (κ1) is 21.9. The molecular weight excluding hydrogens is 444 g/mol. The van der Waals surface area contributed by atoms with Gasteiger partial charge in [0.15, 0.2) is 11.5 Å². The molecule has 0 aliphatic carbocycles. The van der Waals surface area contributed by atoms with Crippen molar-refractivity contribution in [2.45, 2.75) is 30.4 Å². The van der Waals surface area contributed by atoms with Crippen molar-refractivity contribution in [2.24, 2.45) is 0 Å². The number of rotatable bonds is 7. The Morgan fingerprint density at radius 2 is 2.00 bits per heavy atom. The predicted molar refractivity (Wildman–Crippen MR) is 114 cm³/mol. The van der Waals surface area contributed by atoms with Crippen molar-refractivity contribution in [3.63, 3.8) is 0 Å². The van der Waals surface area contributed by atoms with E-state index in [1.165, 1.54) is 23.1 Å². The Balaban J connectivity index is 1.47. The molecule has 0 aromatic heterocycles. The van der Waals surface area contributed by atoms with E-state index in [0.29, 0.717) is 24.7 Å². The van der Waals surface area contributed by atoms with Gasteiger partial charge in [-0.15, -0.1) is 0 Å². The van der Waals surface area contributed by atoms with Gasteiger partial charge in [0.05, 0.1) is 11.1 Å². The molecule has 2 aliphatic rings. The van der Waals surface area contributed by atoms with Gasteiger partial charge in [-0.3, -0.25) is 4.79 Å². The fourth-order valence-electron chi connectivity index (χ4n) is 3.53. The third kappa shape index (κ3) is 4.95. The van der Waals surface area contributed by atoms with Crippen LogP contribution >= 0.6 is 11.6 Å². The zero-order chi connectivity index (χ0) is 22.0. The van der Waals surface area contributed by atoms with Crippen LogP contribution in [0.1, 0.15) is 28.8 Å². The van der Waals surface area contributed by atoms with Gasteiger partial charge < -0.3 is 19.1 Å². The van der Waals surface area contributed by atoms with E-state index in [9.17, 15) is 13.2 Å². The SMILES string of the molecule is CN(Cc1ccc2c(c1)OCO2)C(=O)c1ccc(Cl)c(S(=O)(=O)NCC2CCCO2)c1. The van der Waals surface area contributed by atoms with Crippen LogP contribution in [0.2, 0.25) is 5.02 Å². The number of carbonyl (C=O) groups is 1. The van der Waals surface area contributed by atoms with E-state index in [1.807, 2.05) is 12.1 Å². The fraction of sp³-hybridized carbons (Fsp3) is 0.381. The summed E-state index contributed by atoms with van der Waals surface area (Å²) in [6.45, 7) is 1.29. The monoisotopic (exact) mass is 466 g/mol. The average molecular weight is 467 g/mol. The minimum absolute atomic E-state index is 0.0508. The number of nitrogens with one attached hydrogen (secondary N) is 1. The van der Waals surface area contributed by atoms with E-state index < -0.39 is 10.0 Å². The summed E-state index contributed by atoms with van der Waals surface area (Å²) >= 11 is 6.14. The van der Waals surface area contributed by atoms with Crippen LogP contribution < -0.4 is 14.2 Å². The first-order valence-electron chi connectivity index (χ1n) is 9.88. The smallest absolute Gasteiger partial charge is 0.253 e. The van der Waals surface area contributed by atoms with Crippen molar-refractivity contribution >= 4 is 27.5 Å². The Morgan fingerprint density at radius 1 is 1.19 bits per heavy atom. The van der Waals surface area contributed by atoms with Gasteiger partial charge in [0.25, 0.3) is 5.91 Å². The number of carbonyl (C=O) groups excluding carboxylic acids is 1. The molecule has 1 N–H and O–H groups in total. The number of hydrogen-bond acceptors (Lipinski definition) is 6. The lowest BCUT2D eigenvalue weighted by Gasteiger charge is -2.18. The quantitative estimate of drug-likeness (QED) is 0.674. The molecule has 0 spiro atoms. The number of hydrogen-bond donors (Lipinski definition) is 1. The summed E-state index contributed by atoms with van der Waals surface area (Å²) in [7, 11) is -2.24. The molecule has 0 bridgehead atoms. The molecule has 1 amide bonds. The van der Waals surface area contributed by atoms with Crippen molar-refractivity contribution in [3.05, 3.63) is 52.5 Å². The number of amides is 1. The standard InChI is InChI=1S/C21H23ClN2O6S/c1-24(12-14-4-7-18-19(9-14)30-13-29-18)21(25)15-5-6-17(22)20(10-15)31(26,27)23-11-16-3-2-8-28-16/h4-7,9-10,16,23H,2-3,8,11-13H2,1H3. The van der Waals surface area contributed by atoms with Gasteiger partial charge in [0.2, 0.25) is 16.8 Å². The highest BCUT2D eigenvalue weighted by molar-refractivity contribution is 7.89. The van der Waals surface area contributed by atoms with Crippen molar-refractivity contribution in [1.82, 2.24) is 9.62 Å². The van der Waals surface area contributed by atoms with Crippen LogP contribution in [0.3, 0.4) is 0 Å². The van der Waals surface area contributed by atoms with Gasteiger partial charge in [-0.1, -0.05) is 17.7 Å². The summed E-state index contributed by atoms with van der Waals surface area (Å²) in [6, 6.07) is 9.70. The number of nitrogens with zero attached hydrogens (tertiary/aromatic N) is 1. The molecule has 1 saturated heterocycles. The number of sulfonamides is 1. The van der Waals surface area contributed by atoms with E-state index >= 15 is 0 Å². The number of benzene rings is 2. The minimum Gasteiger partial charge on any atom is -0.454 e. The summed E-state index contributed by atoms with van der Waals surface area (Å²) < 4.78 is 44.2. The largest absolute Gasteiger partial charge is 0.454 e. The Hall–Kier alpha value is -2.33. The van der Waals surface area contributed by atoms with Gasteiger partial charge in [0.1, 0.15) is 4.90 Å². The maximum absolute atomic E-state index is 12.9. The summed E-state index contributed by atoms with van der Waals surface area (Å²) in [5.74, 6) is 0.973. The summed E-state index contributed by atoms with van der Waals surface area (Å²) in [4.78, 5) is 14.3. The van der Waals surface area contributed by atoms with Crippen LogP contribution in [-0.2, 0) is 21.3 Å². The van der Waals surface area contributed by atoms with Crippen molar-refractivity contribution < 1.29 is 27.4 Å². The summed E-state index contributed by atoms with van der Waals surface area (Å²) in [5, 5.41) is 0.0508. The van der Waals surface area contributed by atoms with Crippen molar-refractivity contribution in [2.75, 3.05) is 27.0 Å². The second-order valence-corrected chi connectivity index (χ2v) is 9.62. The molecule has 10 heteroatoms. The molecule has 2 aliphatic heterocycles. The van der Waals surface area contributed by atoms with Gasteiger partial charge in [0, 0.05) is 32.3 Å². The topological polar surface area (TPSA) is 94.2 Å². The van der Waals surface area contributed by atoms with Crippen molar-refractivity contribution in [3.8, 4) is 11.5 Å². The first-order valence-corrected chi connectivity index (χ1v) is 11.7. The molecule has 1 fully saturated rings. The zero-order valence-corrected chi connectivity index (χ0v) is 18.5. The van der Waals surface area contributed by atoms with Crippen LogP contribution in [-0.4, -0.2) is 52.3 Å². The maximum atomic E-state index is 12.9. The third-order valence-corrected chi connectivity index (χ3v) is 7.10. The molecule has 31 heavy (non-hydrogen) atoms. The fourth-order valence-corrected chi connectivity index (χ4v) is 5.12. The maximum Gasteiger partial charge on any atom is 0.253 e. The molecule has 8 nitrogen and oxygen atoms in total. The highest BCUT2D eigenvalue weighted by Crippen LogP contribution is 2.33. The summed E-state index contributed by atoms with van der Waals surface area (Å²) in [5.41, 5.74) is 1.09. The third-order valence-electron chi connectivity index (χ3n) is 5.20. The molecule has 2 heterocycles. The van der Waals surface area contributed by atoms with Crippen LogP contribution in [0.15, 0.2) is 41.3 Å². The lowest BCUT2D eigenvalue weighted by atomic mass is 10.1. The zero-order valence-electron chi connectivity index (χ0n) is 17.0. The normalized spacial score (nSPS) is 17.7. The van der Waals surface area contributed by atoms with Crippen LogP contribution in [0.5, 0.6) is 11.5 Å². The average Bonchev–Trinajstić information content (AvgIpc) is 3.43. The first-order chi connectivity index (χ1) is 14.8. The number of fused-ring (bicyclic) bond motifs is 1. The number of halogens is 1. The molecule has 2 aromatic carbocycles. The van der Waals surface area contributed by atoms with E-state index in [1.54, 1.807) is 13.1 Å². The number of ether oxygens (including phenoxy) is 3. The molecule has 166 valence electrons. The molecule has 0 saturated carbocycles. The van der Waals surface area contributed by atoms with Gasteiger partial charge in [-0.2, -0.15) is 0 Å². The molecule has 4 rings (SSSR count). The minimum atomic E-state index is -3.89. The highest BCUT2D eigenvalue weighted by atomic mass is 35.5. The van der Waals surface area contributed by atoms with Crippen LogP contribution in [0.25, 0.3) is 0 Å². The molecule has 1 unspecified atom stereocenters. The second kappa shape index (κ2) is 9.04. The van der Waals surface area contributed by atoms with E-state index in [0.717, 1.165) is 18.4 Å². The lowest BCUT2D eigenvalue weighted by molar-refractivity contribution is 0.0784. The van der Waals surface area contributed by atoms with E-state index in [4.69, 9.17) is 25.8 Å². The van der Waals surface area contributed by atoms with E-state index in [2.05, 4.69) is 4.72 Å². The van der Waals surface area contributed by atoms with Gasteiger partial charge in [-0.25, -0.2) is 13.1 Å². The summed E-state index contributed by atoms with van der Waals surface area (Å²) in [6.07, 6.45) is 1.57. The van der Waals surface area contributed by atoms with E-state index in [-0.39, 0.29) is 40.8 Å². The Bertz CT molecular complexity index is 1090. The predicted octanol–water partition coefficient (Wildman–Crippen LogP) is 2.80. The van der Waals surface area contributed by atoms with Crippen LogP contribution in [0.4, 0.5) is 0 Å². The van der Waals surface area contributed by atoms with Crippen LogP contribution in [0, 0.1) is 0 Å². The molecule has 2 aromatic rings. The molecule has 1 atom stereocenters.